The topological polar surface area (TPSA) is 93.4 Å². The number of aromatic amines is 1. The van der Waals surface area contributed by atoms with Gasteiger partial charge in [0.25, 0.3) is 5.56 Å². The molecule has 3 aromatic rings. The fourth-order valence-corrected chi connectivity index (χ4v) is 3.95. The van der Waals surface area contributed by atoms with Crippen LogP contribution in [0, 0.1) is 6.92 Å². The van der Waals surface area contributed by atoms with Gasteiger partial charge in [-0.1, -0.05) is 11.8 Å². The number of carbonyl (C=O) groups excluding carboxylic acids is 1. The molecule has 1 N–H and O–H groups in total. The maximum Gasteiger partial charge on any atom is 0.278 e. The van der Waals surface area contributed by atoms with Gasteiger partial charge in [-0.3, -0.25) is 14.2 Å². The Labute approximate surface area is 159 Å². The van der Waals surface area contributed by atoms with Crippen LogP contribution >= 0.6 is 11.8 Å². The Morgan fingerprint density at radius 1 is 1.37 bits per heavy atom. The average Bonchev–Trinajstić information content (AvgIpc) is 3.32. The fourth-order valence-electron chi connectivity index (χ4n) is 3.05. The smallest absolute Gasteiger partial charge is 0.278 e. The summed E-state index contributed by atoms with van der Waals surface area (Å²) >= 11 is 1.27. The van der Waals surface area contributed by atoms with Crippen LogP contribution in [0.4, 0.5) is 0 Å². The molecular formula is C18H20N4O4S. The van der Waals surface area contributed by atoms with Crippen molar-refractivity contribution in [3.63, 3.8) is 0 Å². The molecule has 0 radical (unpaired) electrons. The predicted octanol–water partition coefficient (Wildman–Crippen LogP) is 1.63. The van der Waals surface area contributed by atoms with Crippen molar-refractivity contribution in [3.05, 3.63) is 46.3 Å². The Morgan fingerprint density at radius 3 is 2.93 bits per heavy atom. The molecule has 0 spiro atoms. The molecule has 4 rings (SSSR count). The maximum absolute atomic E-state index is 13.0. The highest BCUT2D eigenvalue weighted by Gasteiger charge is 2.20. The number of carbonyl (C=O) groups is 1. The summed E-state index contributed by atoms with van der Waals surface area (Å²) in [6.07, 6.45) is 1.57. The van der Waals surface area contributed by atoms with Gasteiger partial charge in [0.05, 0.1) is 37.3 Å². The first-order chi connectivity index (χ1) is 13.1. The van der Waals surface area contributed by atoms with E-state index in [1.165, 1.54) is 11.8 Å². The van der Waals surface area contributed by atoms with Crippen LogP contribution < -0.4 is 5.56 Å². The molecule has 0 aliphatic carbocycles. The lowest BCUT2D eigenvalue weighted by Crippen LogP contribution is -2.41. The number of hydrogen-bond donors (Lipinski definition) is 1. The third-order valence-corrected chi connectivity index (χ3v) is 5.38. The molecule has 0 atom stereocenters. The van der Waals surface area contributed by atoms with E-state index in [0.717, 1.165) is 5.69 Å². The molecule has 9 heteroatoms. The number of furan rings is 1. The summed E-state index contributed by atoms with van der Waals surface area (Å²) in [6, 6.07) is 5.42. The van der Waals surface area contributed by atoms with Crippen molar-refractivity contribution in [1.82, 2.24) is 19.4 Å². The van der Waals surface area contributed by atoms with E-state index in [1.54, 1.807) is 21.8 Å². The van der Waals surface area contributed by atoms with Crippen LogP contribution in [0.1, 0.15) is 11.5 Å². The zero-order chi connectivity index (χ0) is 18.8. The van der Waals surface area contributed by atoms with E-state index in [9.17, 15) is 9.59 Å². The lowest BCUT2D eigenvalue weighted by molar-refractivity contribution is -0.132. The summed E-state index contributed by atoms with van der Waals surface area (Å²) in [4.78, 5) is 34.9. The van der Waals surface area contributed by atoms with Crippen molar-refractivity contribution in [2.24, 2.45) is 0 Å². The maximum atomic E-state index is 13.0. The molecule has 3 aromatic heterocycles. The summed E-state index contributed by atoms with van der Waals surface area (Å²) < 4.78 is 12.2. The number of thioether (sulfide) groups is 1. The standard InChI is InChI=1S/C18H20N4O4S/c1-12-9-14-16(19-12)17(24)22(10-13-3-2-6-26-13)18(20-14)27-11-15(23)21-4-7-25-8-5-21/h2-3,6,9,19H,4-5,7-8,10-11H2,1H3. The van der Waals surface area contributed by atoms with Gasteiger partial charge in [-0.05, 0) is 25.1 Å². The van der Waals surface area contributed by atoms with Crippen molar-refractivity contribution in [1.29, 1.82) is 0 Å². The molecule has 1 aliphatic rings. The molecule has 1 saturated heterocycles. The number of morpholine rings is 1. The lowest BCUT2D eigenvalue weighted by Gasteiger charge is -2.26. The van der Waals surface area contributed by atoms with E-state index in [4.69, 9.17) is 9.15 Å². The second-order valence-electron chi connectivity index (χ2n) is 6.36. The SMILES string of the molecule is Cc1cc2nc(SCC(=O)N3CCOCC3)n(Cc3ccco3)c(=O)c2[nH]1. The number of ether oxygens (including phenoxy) is 1. The van der Waals surface area contributed by atoms with E-state index in [0.29, 0.717) is 48.3 Å². The Morgan fingerprint density at radius 2 is 2.19 bits per heavy atom. The van der Waals surface area contributed by atoms with E-state index in [2.05, 4.69) is 9.97 Å². The minimum atomic E-state index is -0.175. The molecule has 4 heterocycles. The molecule has 8 nitrogen and oxygen atoms in total. The lowest BCUT2D eigenvalue weighted by atomic mass is 10.4. The molecular weight excluding hydrogens is 368 g/mol. The van der Waals surface area contributed by atoms with Gasteiger partial charge in [-0.15, -0.1) is 0 Å². The molecule has 1 aliphatic heterocycles. The zero-order valence-electron chi connectivity index (χ0n) is 14.9. The predicted molar refractivity (Wildman–Crippen MR) is 101 cm³/mol. The third-order valence-electron chi connectivity index (χ3n) is 4.42. The van der Waals surface area contributed by atoms with Crippen LogP contribution in [0.2, 0.25) is 0 Å². The molecule has 0 aromatic carbocycles. The van der Waals surface area contributed by atoms with Crippen molar-refractivity contribution in [2.75, 3.05) is 32.1 Å². The summed E-state index contributed by atoms with van der Waals surface area (Å²) in [5.74, 6) is 0.898. The van der Waals surface area contributed by atoms with Crippen LogP contribution in [0.5, 0.6) is 0 Å². The van der Waals surface area contributed by atoms with Crippen LogP contribution in [-0.2, 0) is 16.1 Å². The largest absolute Gasteiger partial charge is 0.467 e. The highest BCUT2D eigenvalue weighted by molar-refractivity contribution is 7.99. The molecule has 142 valence electrons. The van der Waals surface area contributed by atoms with Crippen molar-refractivity contribution in [3.8, 4) is 0 Å². The van der Waals surface area contributed by atoms with Crippen LogP contribution in [0.3, 0.4) is 0 Å². The molecule has 1 amide bonds. The van der Waals surface area contributed by atoms with Crippen molar-refractivity contribution in [2.45, 2.75) is 18.6 Å². The first-order valence-corrected chi connectivity index (χ1v) is 9.71. The van der Waals surface area contributed by atoms with E-state index < -0.39 is 0 Å². The molecule has 1 fully saturated rings. The van der Waals surface area contributed by atoms with Gasteiger partial charge >= 0.3 is 0 Å². The quantitative estimate of drug-likeness (QED) is 0.527. The van der Waals surface area contributed by atoms with Crippen LogP contribution in [0.25, 0.3) is 11.0 Å². The monoisotopic (exact) mass is 388 g/mol. The van der Waals surface area contributed by atoms with E-state index in [1.807, 2.05) is 19.1 Å². The van der Waals surface area contributed by atoms with Gasteiger partial charge in [0.1, 0.15) is 11.3 Å². The van der Waals surface area contributed by atoms with Gasteiger partial charge < -0.3 is 19.0 Å². The average molecular weight is 388 g/mol. The van der Waals surface area contributed by atoms with Crippen LogP contribution in [0.15, 0.2) is 38.8 Å². The number of nitrogens with one attached hydrogen (secondary N) is 1. The van der Waals surface area contributed by atoms with E-state index >= 15 is 0 Å². The minimum absolute atomic E-state index is 0.0208. The molecule has 0 saturated carbocycles. The van der Waals surface area contributed by atoms with Gasteiger partial charge in [-0.2, -0.15) is 0 Å². The number of rotatable bonds is 5. The Balaban J connectivity index is 1.63. The van der Waals surface area contributed by atoms with Crippen LogP contribution in [-0.4, -0.2) is 57.4 Å². The summed E-state index contributed by atoms with van der Waals surface area (Å²) in [5.41, 5.74) is 1.76. The minimum Gasteiger partial charge on any atom is -0.467 e. The normalized spacial score (nSPS) is 14.8. The van der Waals surface area contributed by atoms with E-state index in [-0.39, 0.29) is 23.8 Å². The third kappa shape index (κ3) is 3.79. The highest BCUT2D eigenvalue weighted by Crippen LogP contribution is 2.20. The summed E-state index contributed by atoms with van der Waals surface area (Å²) in [7, 11) is 0. The van der Waals surface area contributed by atoms with Gasteiger partial charge in [0.2, 0.25) is 5.91 Å². The number of hydrogen-bond acceptors (Lipinski definition) is 6. The molecule has 27 heavy (non-hydrogen) atoms. The summed E-state index contributed by atoms with van der Waals surface area (Å²) in [5, 5.41) is 0.504. The fraction of sp³-hybridized carbons (Fsp3) is 0.389. The van der Waals surface area contributed by atoms with Gasteiger partial charge in [0, 0.05) is 18.8 Å². The second kappa shape index (κ2) is 7.61. The molecule has 0 unspecified atom stereocenters. The number of fused-ring (bicyclic) bond motifs is 1. The number of H-pyrrole nitrogens is 1. The molecule has 0 bridgehead atoms. The number of amides is 1. The van der Waals surface area contributed by atoms with Gasteiger partial charge in [0.15, 0.2) is 5.16 Å². The first kappa shape index (κ1) is 17.9. The van der Waals surface area contributed by atoms with Crippen molar-refractivity contribution >= 4 is 28.7 Å². The Hall–Kier alpha value is -2.52. The number of aryl methyl sites for hydroxylation is 1. The second-order valence-corrected chi connectivity index (χ2v) is 7.30. The first-order valence-electron chi connectivity index (χ1n) is 8.72. The van der Waals surface area contributed by atoms with Gasteiger partial charge in [-0.25, -0.2) is 4.98 Å². The zero-order valence-corrected chi connectivity index (χ0v) is 15.8. The van der Waals surface area contributed by atoms with Crippen molar-refractivity contribution < 1.29 is 13.9 Å². The number of nitrogens with zero attached hydrogens (tertiary/aromatic N) is 3. The summed E-state index contributed by atoms with van der Waals surface area (Å²) in [6.45, 7) is 4.47. The Kier molecular flexibility index (Phi) is 5.04. The Bertz CT molecular complexity index is 1000. The number of aromatic nitrogens is 3. The highest BCUT2D eigenvalue weighted by atomic mass is 32.2.